The third-order valence-corrected chi connectivity index (χ3v) is 4.27. The highest BCUT2D eigenvalue weighted by atomic mass is 16.5. The summed E-state index contributed by atoms with van der Waals surface area (Å²) in [6.45, 7) is 1.92. The Morgan fingerprint density at radius 2 is 1.85 bits per heavy atom. The third-order valence-electron chi connectivity index (χ3n) is 4.27. The van der Waals surface area contributed by atoms with E-state index in [9.17, 15) is 10.2 Å². The lowest BCUT2D eigenvalue weighted by atomic mass is 10.0. The zero-order valence-corrected chi connectivity index (χ0v) is 14.9. The van der Waals surface area contributed by atoms with Crippen LogP contribution < -0.4 is 15.2 Å². The SMILES string of the molecule is CCc1cc(-c2cnc(N)n2-c2cc(OC)ccc2OC)c(O)cc1O. The van der Waals surface area contributed by atoms with Gasteiger partial charge in [-0.3, -0.25) is 4.57 Å². The molecular weight excluding hydrogens is 334 g/mol. The second-order valence-corrected chi connectivity index (χ2v) is 5.73. The number of nitrogens with zero attached hydrogens (tertiary/aromatic N) is 2. The summed E-state index contributed by atoms with van der Waals surface area (Å²) in [5, 5.41) is 20.3. The number of phenolic OH excluding ortho intramolecular Hbond substituents is 2. The number of benzene rings is 2. The number of hydrogen-bond donors (Lipinski definition) is 3. The van der Waals surface area contributed by atoms with Gasteiger partial charge in [0.25, 0.3) is 0 Å². The summed E-state index contributed by atoms with van der Waals surface area (Å²) in [7, 11) is 3.13. The largest absolute Gasteiger partial charge is 0.508 e. The van der Waals surface area contributed by atoms with Gasteiger partial charge in [0.2, 0.25) is 5.95 Å². The Morgan fingerprint density at radius 1 is 1.08 bits per heavy atom. The van der Waals surface area contributed by atoms with Gasteiger partial charge in [0.1, 0.15) is 23.0 Å². The molecule has 3 aromatic rings. The number of imidazole rings is 1. The van der Waals surface area contributed by atoms with Crippen molar-refractivity contribution in [2.24, 2.45) is 0 Å². The lowest BCUT2D eigenvalue weighted by Gasteiger charge is -2.16. The number of anilines is 1. The van der Waals surface area contributed by atoms with E-state index in [2.05, 4.69) is 4.98 Å². The fourth-order valence-electron chi connectivity index (χ4n) is 2.89. The number of nitrogen functional groups attached to an aromatic ring is 1. The van der Waals surface area contributed by atoms with E-state index in [1.54, 1.807) is 49.2 Å². The molecule has 7 nitrogen and oxygen atoms in total. The molecule has 4 N–H and O–H groups in total. The molecule has 0 radical (unpaired) electrons. The molecule has 136 valence electrons. The zero-order chi connectivity index (χ0) is 18.8. The number of rotatable bonds is 5. The topological polar surface area (TPSA) is 103 Å². The lowest BCUT2D eigenvalue weighted by molar-refractivity contribution is 0.401. The molecule has 0 aliphatic carbocycles. The molecule has 0 atom stereocenters. The first-order valence-electron chi connectivity index (χ1n) is 8.11. The van der Waals surface area contributed by atoms with Gasteiger partial charge in [-0.1, -0.05) is 6.92 Å². The van der Waals surface area contributed by atoms with E-state index in [-0.39, 0.29) is 17.4 Å². The van der Waals surface area contributed by atoms with E-state index in [0.717, 1.165) is 0 Å². The highest BCUT2D eigenvalue weighted by Gasteiger charge is 2.19. The average molecular weight is 355 g/mol. The van der Waals surface area contributed by atoms with Gasteiger partial charge < -0.3 is 25.4 Å². The molecule has 0 saturated heterocycles. The molecule has 0 spiro atoms. The van der Waals surface area contributed by atoms with Crippen LogP contribution in [0, 0.1) is 0 Å². The first-order chi connectivity index (χ1) is 12.5. The molecule has 0 fully saturated rings. The number of aromatic hydroxyl groups is 2. The molecule has 1 aromatic heterocycles. The number of aryl methyl sites for hydroxylation is 1. The molecule has 0 aliphatic rings. The van der Waals surface area contributed by atoms with Crippen LogP contribution in [0.15, 0.2) is 36.5 Å². The predicted molar refractivity (Wildman–Crippen MR) is 99.2 cm³/mol. The number of ether oxygens (including phenoxy) is 2. The van der Waals surface area contributed by atoms with Crippen molar-refractivity contribution in [3.8, 4) is 39.9 Å². The quantitative estimate of drug-likeness (QED) is 0.650. The van der Waals surface area contributed by atoms with Crippen molar-refractivity contribution in [3.05, 3.63) is 42.1 Å². The predicted octanol–water partition coefficient (Wildman–Crippen LogP) is 3.11. The van der Waals surface area contributed by atoms with Crippen LogP contribution in [0.4, 0.5) is 5.95 Å². The van der Waals surface area contributed by atoms with Gasteiger partial charge in [0.15, 0.2) is 0 Å². The lowest BCUT2D eigenvalue weighted by Crippen LogP contribution is -2.05. The van der Waals surface area contributed by atoms with E-state index in [1.165, 1.54) is 6.07 Å². The summed E-state index contributed by atoms with van der Waals surface area (Å²) in [5.41, 5.74) is 8.52. The summed E-state index contributed by atoms with van der Waals surface area (Å²) in [5.74, 6) is 1.42. The van der Waals surface area contributed by atoms with Crippen LogP contribution in [-0.2, 0) is 6.42 Å². The van der Waals surface area contributed by atoms with Crippen molar-refractivity contribution in [2.75, 3.05) is 20.0 Å². The molecular formula is C19H21N3O4. The maximum absolute atomic E-state index is 10.4. The van der Waals surface area contributed by atoms with E-state index < -0.39 is 0 Å². The fourth-order valence-corrected chi connectivity index (χ4v) is 2.89. The molecule has 0 amide bonds. The van der Waals surface area contributed by atoms with Crippen LogP contribution in [0.3, 0.4) is 0 Å². The van der Waals surface area contributed by atoms with Crippen LogP contribution in [0.5, 0.6) is 23.0 Å². The van der Waals surface area contributed by atoms with Crippen LogP contribution in [-0.4, -0.2) is 34.0 Å². The van der Waals surface area contributed by atoms with E-state index >= 15 is 0 Å². The van der Waals surface area contributed by atoms with Crippen molar-refractivity contribution in [3.63, 3.8) is 0 Å². The molecule has 0 bridgehead atoms. The zero-order valence-electron chi connectivity index (χ0n) is 14.9. The Balaban J connectivity index is 2.27. The summed E-state index contributed by atoms with van der Waals surface area (Å²) in [6, 6.07) is 8.38. The molecule has 26 heavy (non-hydrogen) atoms. The summed E-state index contributed by atoms with van der Waals surface area (Å²) < 4.78 is 12.4. The van der Waals surface area contributed by atoms with Crippen molar-refractivity contribution >= 4 is 5.95 Å². The molecule has 7 heteroatoms. The Hall–Kier alpha value is -3.35. The minimum atomic E-state index is -0.0669. The van der Waals surface area contributed by atoms with Gasteiger partial charge in [-0.2, -0.15) is 0 Å². The number of nitrogens with two attached hydrogens (primary N) is 1. The molecule has 2 aromatic carbocycles. The van der Waals surface area contributed by atoms with Gasteiger partial charge in [0.05, 0.1) is 31.8 Å². The number of phenols is 2. The van der Waals surface area contributed by atoms with Crippen molar-refractivity contribution < 1.29 is 19.7 Å². The van der Waals surface area contributed by atoms with Gasteiger partial charge in [-0.05, 0) is 30.2 Å². The summed E-state index contributed by atoms with van der Waals surface area (Å²) in [6.07, 6.45) is 2.19. The van der Waals surface area contributed by atoms with Crippen LogP contribution in [0.2, 0.25) is 0 Å². The minimum Gasteiger partial charge on any atom is -0.508 e. The van der Waals surface area contributed by atoms with Crippen molar-refractivity contribution in [1.82, 2.24) is 9.55 Å². The van der Waals surface area contributed by atoms with Crippen molar-refractivity contribution in [2.45, 2.75) is 13.3 Å². The standard InChI is InChI=1S/C19H21N3O4/c1-4-11-7-13(17(24)9-16(11)23)15-10-21-19(20)22(15)14-8-12(25-2)5-6-18(14)26-3/h5-10,23-24H,4H2,1-3H3,(H2,20,21). The molecule has 0 saturated carbocycles. The Morgan fingerprint density at radius 3 is 2.50 bits per heavy atom. The smallest absolute Gasteiger partial charge is 0.205 e. The maximum atomic E-state index is 10.4. The molecule has 0 aliphatic heterocycles. The summed E-state index contributed by atoms with van der Waals surface area (Å²) >= 11 is 0. The number of methoxy groups -OCH3 is 2. The Bertz CT molecular complexity index is 950. The Kier molecular flexibility index (Phi) is 4.62. The second-order valence-electron chi connectivity index (χ2n) is 5.73. The number of aromatic nitrogens is 2. The molecule has 1 heterocycles. The average Bonchev–Trinajstić information content (AvgIpc) is 3.02. The highest BCUT2D eigenvalue weighted by molar-refractivity contribution is 5.74. The van der Waals surface area contributed by atoms with Gasteiger partial charge >= 0.3 is 0 Å². The minimum absolute atomic E-state index is 0.0479. The molecule has 3 rings (SSSR count). The normalized spacial score (nSPS) is 10.7. The van der Waals surface area contributed by atoms with E-state index in [0.29, 0.717) is 40.4 Å². The van der Waals surface area contributed by atoms with Gasteiger partial charge in [0, 0.05) is 17.7 Å². The van der Waals surface area contributed by atoms with Gasteiger partial charge in [-0.25, -0.2) is 4.98 Å². The highest BCUT2D eigenvalue weighted by Crippen LogP contribution is 2.39. The number of hydrogen-bond acceptors (Lipinski definition) is 6. The first kappa shape index (κ1) is 17.5. The maximum Gasteiger partial charge on any atom is 0.205 e. The Labute approximate surface area is 151 Å². The van der Waals surface area contributed by atoms with E-state index in [4.69, 9.17) is 15.2 Å². The van der Waals surface area contributed by atoms with E-state index in [1.807, 2.05) is 6.92 Å². The third kappa shape index (κ3) is 2.88. The van der Waals surface area contributed by atoms with Crippen LogP contribution >= 0.6 is 0 Å². The fraction of sp³-hybridized carbons (Fsp3) is 0.211. The monoisotopic (exact) mass is 355 g/mol. The summed E-state index contributed by atoms with van der Waals surface area (Å²) in [4.78, 5) is 4.19. The van der Waals surface area contributed by atoms with Gasteiger partial charge in [-0.15, -0.1) is 0 Å². The van der Waals surface area contributed by atoms with Crippen molar-refractivity contribution in [1.29, 1.82) is 0 Å². The molecule has 0 unspecified atom stereocenters. The first-order valence-corrected chi connectivity index (χ1v) is 8.11. The van der Waals surface area contributed by atoms with Crippen LogP contribution in [0.1, 0.15) is 12.5 Å². The second kappa shape index (κ2) is 6.87. The van der Waals surface area contributed by atoms with Crippen LogP contribution in [0.25, 0.3) is 16.9 Å².